The van der Waals surface area contributed by atoms with Crippen molar-refractivity contribution in [1.29, 1.82) is 0 Å². The highest BCUT2D eigenvalue weighted by atomic mass is 32.2. The van der Waals surface area contributed by atoms with Gasteiger partial charge in [-0.05, 0) is 56.4 Å². The Kier molecular flexibility index (Phi) is 6.42. The Morgan fingerprint density at radius 1 is 0.906 bits per heavy atom. The molecule has 0 bridgehead atoms. The molecular weight excluding hydrogens is 420 g/mol. The van der Waals surface area contributed by atoms with Gasteiger partial charge in [-0.25, -0.2) is 0 Å². The van der Waals surface area contributed by atoms with Crippen LogP contribution in [0.25, 0.3) is 10.8 Å². The minimum atomic E-state index is -3.86. The molecule has 0 saturated heterocycles. The van der Waals surface area contributed by atoms with Crippen molar-refractivity contribution in [3.63, 3.8) is 0 Å². The van der Waals surface area contributed by atoms with Crippen molar-refractivity contribution in [3.8, 4) is 0 Å². The van der Waals surface area contributed by atoms with Crippen molar-refractivity contribution in [1.82, 2.24) is 0 Å². The van der Waals surface area contributed by atoms with Gasteiger partial charge >= 0.3 is 0 Å². The summed E-state index contributed by atoms with van der Waals surface area (Å²) in [7, 11) is -3.86. The van der Waals surface area contributed by atoms with Crippen molar-refractivity contribution in [3.05, 3.63) is 71.8 Å². The molecule has 0 unspecified atom stereocenters. The minimum absolute atomic E-state index is 0.164. The van der Waals surface area contributed by atoms with Crippen LogP contribution in [-0.4, -0.2) is 20.0 Å². The molecular formula is C26H28N2O3S. The van der Waals surface area contributed by atoms with E-state index in [4.69, 9.17) is 0 Å². The number of aryl methyl sites for hydroxylation is 1. The number of anilines is 1. The Labute approximate surface area is 189 Å². The molecule has 1 amide bonds. The number of rotatable bonds is 5. The molecule has 0 radical (unpaired) electrons. The van der Waals surface area contributed by atoms with Crippen LogP contribution in [0.5, 0.6) is 0 Å². The minimum Gasteiger partial charge on any atom is -0.321 e. The second-order valence-corrected chi connectivity index (χ2v) is 10.0. The maximum absolute atomic E-state index is 13.2. The van der Waals surface area contributed by atoms with Crippen LogP contribution in [0.3, 0.4) is 0 Å². The molecule has 1 aliphatic carbocycles. The van der Waals surface area contributed by atoms with Crippen LogP contribution in [0.2, 0.25) is 0 Å². The maximum atomic E-state index is 13.2. The largest absolute Gasteiger partial charge is 0.321 e. The molecule has 1 N–H and O–H groups in total. The van der Waals surface area contributed by atoms with Gasteiger partial charge in [0.1, 0.15) is 0 Å². The van der Waals surface area contributed by atoms with Crippen LogP contribution >= 0.6 is 0 Å². The first-order valence-electron chi connectivity index (χ1n) is 11.1. The first-order valence-corrected chi connectivity index (χ1v) is 12.5. The average molecular weight is 449 g/mol. The van der Waals surface area contributed by atoms with Crippen LogP contribution < -0.4 is 5.32 Å². The topological polar surface area (TPSA) is 75.6 Å². The van der Waals surface area contributed by atoms with Gasteiger partial charge in [0.05, 0.1) is 4.90 Å². The van der Waals surface area contributed by atoms with Crippen LogP contribution in [0.4, 0.5) is 5.69 Å². The molecule has 1 saturated carbocycles. The van der Waals surface area contributed by atoms with Gasteiger partial charge in [0, 0.05) is 27.7 Å². The third-order valence-electron chi connectivity index (χ3n) is 6.26. The van der Waals surface area contributed by atoms with E-state index in [1.54, 1.807) is 30.3 Å². The maximum Gasteiger partial charge on any atom is 0.282 e. The van der Waals surface area contributed by atoms with E-state index in [9.17, 15) is 13.2 Å². The Morgan fingerprint density at radius 2 is 1.56 bits per heavy atom. The molecule has 0 heterocycles. The molecule has 3 aromatic rings. The summed E-state index contributed by atoms with van der Waals surface area (Å²) in [6.07, 6.45) is 5.44. The van der Waals surface area contributed by atoms with Gasteiger partial charge in [-0.3, -0.25) is 4.79 Å². The SMILES string of the molecule is C/C(=N/S(=O)(=O)c1ccc(NC(=O)c2ccccc2C)c2ccccc12)C1CCCCC1. The molecule has 0 aromatic heterocycles. The zero-order valence-corrected chi connectivity index (χ0v) is 19.3. The molecule has 0 spiro atoms. The fraction of sp³-hybridized carbons (Fsp3) is 0.308. The van der Waals surface area contributed by atoms with E-state index in [1.807, 2.05) is 44.2 Å². The summed E-state index contributed by atoms with van der Waals surface area (Å²) in [5.41, 5.74) is 2.72. The number of carbonyl (C=O) groups excluding carboxylic acids is 1. The Hall–Kier alpha value is -2.99. The van der Waals surface area contributed by atoms with Crippen molar-refractivity contribution in [2.24, 2.45) is 10.3 Å². The van der Waals surface area contributed by atoms with E-state index < -0.39 is 10.0 Å². The third-order valence-corrected chi connectivity index (χ3v) is 7.70. The van der Waals surface area contributed by atoms with Gasteiger partial charge in [0.15, 0.2) is 0 Å². The van der Waals surface area contributed by atoms with Crippen LogP contribution in [0.15, 0.2) is 70.0 Å². The number of nitrogens with one attached hydrogen (secondary N) is 1. The molecule has 32 heavy (non-hydrogen) atoms. The Morgan fingerprint density at radius 3 is 2.28 bits per heavy atom. The van der Waals surface area contributed by atoms with Gasteiger partial charge < -0.3 is 5.32 Å². The van der Waals surface area contributed by atoms with Gasteiger partial charge in [-0.15, -0.1) is 0 Å². The quantitative estimate of drug-likeness (QED) is 0.477. The summed E-state index contributed by atoms with van der Waals surface area (Å²) in [6, 6.07) is 17.8. The highest BCUT2D eigenvalue weighted by Crippen LogP contribution is 2.32. The number of carbonyl (C=O) groups is 1. The summed E-state index contributed by atoms with van der Waals surface area (Å²) in [4.78, 5) is 13.0. The second kappa shape index (κ2) is 9.25. The number of benzene rings is 3. The van der Waals surface area contributed by atoms with Crippen molar-refractivity contribution in [2.45, 2.75) is 50.8 Å². The molecule has 6 heteroatoms. The molecule has 5 nitrogen and oxygen atoms in total. The lowest BCUT2D eigenvalue weighted by molar-refractivity contribution is 0.102. The number of hydrogen-bond acceptors (Lipinski definition) is 3. The number of sulfonamides is 1. The highest BCUT2D eigenvalue weighted by molar-refractivity contribution is 7.90. The third kappa shape index (κ3) is 4.60. The van der Waals surface area contributed by atoms with Gasteiger partial charge in [-0.1, -0.05) is 61.7 Å². The van der Waals surface area contributed by atoms with Gasteiger partial charge in [0.2, 0.25) is 0 Å². The number of nitrogens with zero attached hydrogens (tertiary/aromatic N) is 1. The summed E-state index contributed by atoms with van der Waals surface area (Å²) >= 11 is 0. The van der Waals surface area contributed by atoms with Crippen LogP contribution in [0.1, 0.15) is 54.9 Å². The summed E-state index contributed by atoms with van der Waals surface area (Å²) in [5, 5.41) is 4.16. The molecule has 1 fully saturated rings. The normalized spacial score (nSPS) is 15.6. The number of hydrogen-bond donors (Lipinski definition) is 1. The summed E-state index contributed by atoms with van der Waals surface area (Å²) in [6.45, 7) is 3.71. The highest BCUT2D eigenvalue weighted by Gasteiger charge is 2.22. The van der Waals surface area contributed by atoms with Crippen molar-refractivity contribution >= 4 is 38.1 Å². The van der Waals surface area contributed by atoms with E-state index in [-0.39, 0.29) is 16.7 Å². The average Bonchev–Trinajstić information content (AvgIpc) is 2.79. The van der Waals surface area contributed by atoms with E-state index >= 15 is 0 Å². The second-order valence-electron chi connectivity index (χ2n) is 8.47. The predicted octanol–water partition coefficient (Wildman–Crippen LogP) is 6.13. The van der Waals surface area contributed by atoms with Gasteiger partial charge in [-0.2, -0.15) is 12.8 Å². The number of amides is 1. The van der Waals surface area contributed by atoms with E-state index in [0.29, 0.717) is 27.7 Å². The molecule has 4 rings (SSSR count). The molecule has 0 atom stereocenters. The lowest BCUT2D eigenvalue weighted by Gasteiger charge is -2.21. The van der Waals surface area contributed by atoms with Crippen molar-refractivity contribution in [2.75, 3.05) is 5.32 Å². The van der Waals surface area contributed by atoms with Crippen LogP contribution in [0, 0.1) is 12.8 Å². The zero-order valence-electron chi connectivity index (χ0n) is 18.5. The number of fused-ring (bicyclic) bond motifs is 1. The lowest BCUT2D eigenvalue weighted by atomic mass is 9.86. The first-order chi connectivity index (χ1) is 15.4. The lowest BCUT2D eigenvalue weighted by Crippen LogP contribution is -2.17. The zero-order chi connectivity index (χ0) is 22.7. The van der Waals surface area contributed by atoms with E-state index in [1.165, 1.54) is 6.42 Å². The summed E-state index contributed by atoms with van der Waals surface area (Å²) < 4.78 is 30.7. The molecule has 3 aromatic carbocycles. The smallest absolute Gasteiger partial charge is 0.282 e. The van der Waals surface area contributed by atoms with Gasteiger partial charge in [0.25, 0.3) is 15.9 Å². The van der Waals surface area contributed by atoms with E-state index in [0.717, 1.165) is 31.2 Å². The first kappa shape index (κ1) is 22.2. The predicted molar refractivity (Wildman–Crippen MR) is 130 cm³/mol. The summed E-state index contributed by atoms with van der Waals surface area (Å²) in [5.74, 6) is 0.00693. The van der Waals surface area contributed by atoms with Crippen molar-refractivity contribution < 1.29 is 13.2 Å². The Bertz CT molecular complexity index is 1290. The Balaban J connectivity index is 1.70. The fourth-order valence-corrected chi connectivity index (χ4v) is 5.78. The van der Waals surface area contributed by atoms with Crippen LogP contribution in [-0.2, 0) is 10.0 Å². The molecule has 166 valence electrons. The fourth-order valence-electron chi connectivity index (χ4n) is 4.46. The molecule has 0 aliphatic heterocycles. The standard InChI is InChI=1S/C26H28N2O3S/c1-18-10-6-7-13-21(18)26(29)27-24-16-17-25(23-15-9-8-14-22(23)24)32(30,31)28-19(2)20-11-4-3-5-12-20/h6-10,13-17,20H,3-5,11-12H2,1-2H3,(H,27,29)/b28-19-. The molecule has 1 aliphatic rings. The van der Waals surface area contributed by atoms with E-state index in [2.05, 4.69) is 9.71 Å². The monoisotopic (exact) mass is 448 g/mol.